The fourth-order valence-electron chi connectivity index (χ4n) is 1.21. The van der Waals surface area contributed by atoms with Crippen molar-refractivity contribution in [2.24, 2.45) is 0 Å². The van der Waals surface area contributed by atoms with Crippen molar-refractivity contribution in [3.8, 4) is 0 Å². The Morgan fingerprint density at radius 2 is 1.86 bits per heavy atom. The molecule has 0 bridgehead atoms. The highest BCUT2D eigenvalue weighted by Crippen LogP contribution is 2.30. The lowest BCUT2D eigenvalue weighted by molar-refractivity contribution is -0.141. The number of anilines is 1. The van der Waals surface area contributed by atoms with Gasteiger partial charge in [0.2, 0.25) is 5.95 Å². The van der Waals surface area contributed by atoms with Gasteiger partial charge in [-0.15, -0.1) is 0 Å². The maximum atomic E-state index is 12.7. The molecule has 7 nitrogen and oxygen atoms in total. The molecule has 0 aromatic carbocycles. The summed E-state index contributed by atoms with van der Waals surface area (Å²) in [6, 6.07) is 0. The maximum Gasteiger partial charge on any atom is 0.434 e. The van der Waals surface area contributed by atoms with E-state index < -0.39 is 41.0 Å². The molecular formula is C11H12F3N3O4. The third kappa shape index (κ3) is 4.89. The van der Waals surface area contributed by atoms with Crippen molar-refractivity contribution >= 4 is 18.0 Å². The normalized spacial score (nSPS) is 11.9. The Labute approximate surface area is 117 Å². The summed E-state index contributed by atoms with van der Waals surface area (Å²) in [6.45, 7) is 4.67. The molecule has 0 aliphatic carbocycles. The lowest BCUT2D eigenvalue weighted by Crippen LogP contribution is -2.28. The topological polar surface area (TPSA) is 101 Å². The molecule has 0 aliphatic heterocycles. The van der Waals surface area contributed by atoms with Gasteiger partial charge in [0.05, 0.1) is 0 Å². The van der Waals surface area contributed by atoms with Crippen molar-refractivity contribution in [3.05, 3.63) is 17.5 Å². The van der Waals surface area contributed by atoms with Crippen molar-refractivity contribution in [2.45, 2.75) is 32.5 Å². The maximum absolute atomic E-state index is 12.7. The molecule has 0 aliphatic rings. The van der Waals surface area contributed by atoms with Gasteiger partial charge in [0.1, 0.15) is 11.2 Å². The van der Waals surface area contributed by atoms with E-state index >= 15 is 0 Å². The minimum Gasteiger partial charge on any atom is -0.478 e. The number of hydrogen-bond donors (Lipinski definition) is 2. The number of carboxylic acid groups (broad SMARTS) is 1. The molecule has 0 spiro atoms. The van der Waals surface area contributed by atoms with Crippen LogP contribution < -0.4 is 5.32 Å². The molecular weight excluding hydrogens is 295 g/mol. The van der Waals surface area contributed by atoms with Crippen LogP contribution in [0.5, 0.6) is 0 Å². The van der Waals surface area contributed by atoms with Crippen molar-refractivity contribution in [3.63, 3.8) is 0 Å². The van der Waals surface area contributed by atoms with E-state index in [0.717, 1.165) is 0 Å². The van der Waals surface area contributed by atoms with Gasteiger partial charge in [-0.1, -0.05) is 0 Å². The number of rotatable bonds is 2. The van der Waals surface area contributed by atoms with Crippen molar-refractivity contribution in [2.75, 3.05) is 5.32 Å². The minimum absolute atomic E-state index is 0.463. The van der Waals surface area contributed by atoms with E-state index in [1.807, 2.05) is 5.32 Å². The van der Waals surface area contributed by atoms with Gasteiger partial charge in [-0.05, 0) is 20.8 Å². The molecule has 0 atom stereocenters. The van der Waals surface area contributed by atoms with Crippen LogP contribution in [0.2, 0.25) is 0 Å². The summed E-state index contributed by atoms with van der Waals surface area (Å²) >= 11 is 0. The Balaban J connectivity index is 3.07. The molecule has 0 fully saturated rings. The largest absolute Gasteiger partial charge is 0.478 e. The van der Waals surface area contributed by atoms with Crippen LogP contribution in [-0.2, 0) is 10.9 Å². The summed E-state index contributed by atoms with van der Waals surface area (Å²) in [7, 11) is 0. The predicted molar refractivity (Wildman–Crippen MR) is 63.9 cm³/mol. The van der Waals surface area contributed by atoms with Crippen LogP contribution in [0.1, 0.15) is 36.8 Å². The number of carboxylic acids is 1. The number of amides is 1. The summed E-state index contributed by atoms with van der Waals surface area (Å²) in [5, 5.41) is 10.6. The lowest BCUT2D eigenvalue weighted by atomic mass is 10.2. The molecule has 1 heterocycles. The van der Waals surface area contributed by atoms with Crippen molar-refractivity contribution in [1.29, 1.82) is 0 Å². The second-order valence-electron chi connectivity index (χ2n) is 4.89. The third-order valence-corrected chi connectivity index (χ3v) is 1.90. The number of nitrogens with zero attached hydrogens (tertiary/aromatic N) is 2. The van der Waals surface area contributed by atoms with Crippen LogP contribution >= 0.6 is 0 Å². The SMILES string of the molecule is CC(C)(C)OC(=O)Nc1ncc(C(=O)O)c(C(F)(F)F)n1. The van der Waals surface area contributed by atoms with Gasteiger partial charge in [0.15, 0.2) is 5.69 Å². The van der Waals surface area contributed by atoms with Crippen LogP contribution in [0.3, 0.4) is 0 Å². The first-order valence-corrected chi connectivity index (χ1v) is 5.57. The number of nitrogens with one attached hydrogen (secondary N) is 1. The molecule has 2 N–H and O–H groups in total. The Morgan fingerprint density at radius 1 is 1.29 bits per heavy atom. The highest BCUT2D eigenvalue weighted by Gasteiger charge is 2.38. The Bertz CT molecular complexity index is 567. The third-order valence-electron chi connectivity index (χ3n) is 1.90. The first-order valence-electron chi connectivity index (χ1n) is 5.57. The van der Waals surface area contributed by atoms with Crippen LogP contribution in [-0.4, -0.2) is 32.7 Å². The van der Waals surface area contributed by atoms with Crippen LogP contribution in [0.4, 0.5) is 23.9 Å². The first kappa shape index (κ1) is 16.7. The van der Waals surface area contributed by atoms with Gasteiger partial charge in [-0.3, -0.25) is 5.32 Å². The van der Waals surface area contributed by atoms with Gasteiger partial charge < -0.3 is 9.84 Å². The molecule has 0 unspecified atom stereocenters. The number of carbonyl (C=O) groups excluding carboxylic acids is 1. The van der Waals surface area contributed by atoms with E-state index in [4.69, 9.17) is 9.84 Å². The quantitative estimate of drug-likeness (QED) is 0.870. The Hall–Kier alpha value is -2.39. The molecule has 1 aromatic heterocycles. The second kappa shape index (κ2) is 5.54. The minimum atomic E-state index is -5.00. The van der Waals surface area contributed by atoms with Gasteiger partial charge in [-0.25, -0.2) is 19.6 Å². The highest BCUT2D eigenvalue weighted by atomic mass is 19.4. The van der Waals surface area contributed by atoms with Gasteiger partial charge in [-0.2, -0.15) is 13.2 Å². The van der Waals surface area contributed by atoms with Crippen LogP contribution in [0.15, 0.2) is 6.20 Å². The monoisotopic (exact) mass is 307 g/mol. The Kier molecular flexibility index (Phi) is 4.40. The summed E-state index contributed by atoms with van der Waals surface area (Å²) in [5.41, 5.74) is -3.63. The summed E-state index contributed by atoms with van der Waals surface area (Å²) in [6.07, 6.45) is -5.59. The zero-order valence-corrected chi connectivity index (χ0v) is 11.3. The van der Waals surface area contributed by atoms with Gasteiger partial charge in [0.25, 0.3) is 0 Å². The van der Waals surface area contributed by atoms with Crippen molar-refractivity contribution in [1.82, 2.24) is 9.97 Å². The Morgan fingerprint density at radius 3 is 2.29 bits per heavy atom. The molecule has 1 rings (SSSR count). The number of aromatic nitrogens is 2. The number of carbonyl (C=O) groups is 2. The molecule has 116 valence electrons. The standard InChI is InChI=1S/C11H12F3N3O4/c1-10(2,3)21-9(20)17-8-15-4-5(7(18)19)6(16-8)11(12,13)14/h4H,1-3H3,(H,18,19)(H,15,16,17,20). The number of alkyl halides is 3. The molecule has 10 heteroatoms. The number of hydrogen-bond acceptors (Lipinski definition) is 5. The van der Waals surface area contributed by atoms with E-state index in [1.54, 1.807) is 20.8 Å². The average molecular weight is 307 g/mol. The first-order chi connectivity index (χ1) is 9.40. The molecule has 1 aromatic rings. The van der Waals surface area contributed by atoms with E-state index in [9.17, 15) is 22.8 Å². The van der Waals surface area contributed by atoms with E-state index in [0.29, 0.717) is 6.20 Å². The summed E-state index contributed by atoms with van der Waals surface area (Å²) < 4.78 is 42.9. The van der Waals surface area contributed by atoms with Crippen LogP contribution in [0, 0.1) is 0 Å². The summed E-state index contributed by atoms with van der Waals surface area (Å²) in [4.78, 5) is 28.4. The fourth-order valence-corrected chi connectivity index (χ4v) is 1.21. The molecule has 0 radical (unpaired) electrons. The van der Waals surface area contributed by atoms with Gasteiger partial charge in [0, 0.05) is 6.20 Å². The number of aromatic carboxylic acids is 1. The smallest absolute Gasteiger partial charge is 0.434 e. The van der Waals surface area contributed by atoms with E-state index in [-0.39, 0.29) is 0 Å². The van der Waals surface area contributed by atoms with Crippen molar-refractivity contribution < 1.29 is 32.6 Å². The number of ether oxygens (including phenoxy) is 1. The zero-order chi connectivity index (χ0) is 16.4. The van der Waals surface area contributed by atoms with E-state index in [1.165, 1.54) is 0 Å². The fraction of sp³-hybridized carbons (Fsp3) is 0.455. The number of halogens is 3. The average Bonchev–Trinajstić information content (AvgIpc) is 2.24. The van der Waals surface area contributed by atoms with Gasteiger partial charge >= 0.3 is 18.2 Å². The predicted octanol–water partition coefficient (Wildman–Crippen LogP) is 2.54. The molecule has 21 heavy (non-hydrogen) atoms. The molecule has 1 amide bonds. The summed E-state index contributed by atoms with van der Waals surface area (Å²) in [5.74, 6) is -2.53. The lowest BCUT2D eigenvalue weighted by Gasteiger charge is -2.19. The second-order valence-corrected chi connectivity index (χ2v) is 4.89. The van der Waals surface area contributed by atoms with E-state index in [2.05, 4.69) is 9.97 Å². The highest BCUT2D eigenvalue weighted by molar-refractivity contribution is 5.89. The van der Waals surface area contributed by atoms with Crippen LogP contribution in [0.25, 0.3) is 0 Å². The molecule has 0 saturated carbocycles. The molecule has 0 saturated heterocycles. The zero-order valence-electron chi connectivity index (χ0n) is 11.3.